The van der Waals surface area contributed by atoms with E-state index in [-0.39, 0.29) is 25.0 Å². The second-order valence-corrected chi connectivity index (χ2v) is 9.56. The number of hydrogen-bond acceptors (Lipinski definition) is 6. The number of phenols is 1. The fourth-order valence-electron chi connectivity index (χ4n) is 4.03. The van der Waals surface area contributed by atoms with Gasteiger partial charge < -0.3 is 31.9 Å². The van der Waals surface area contributed by atoms with Gasteiger partial charge in [0.25, 0.3) is 0 Å². The number of hydrogen-bond donors (Lipinski definition) is 6. The minimum Gasteiger partial charge on any atom is -0.508 e. The third-order valence-electron chi connectivity index (χ3n) is 6.24. The van der Waals surface area contributed by atoms with Crippen LogP contribution in [0.15, 0.2) is 84.9 Å². The lowest BCUT2D eigenvalue weighted by atomic mass is 10.0. The molecule has 0 heterocycles. The second kappa shape index (κ2) is 14.5. The Morgan fingerprint density at radius 3 is 1.43 bits per heavy atom. The minimum absolute atomic E-state index is 0.0486. The SMILES string of the molecule is CC(N)C(=O)NC(Cc1ccc(O)cc1)C(=O)NC(Cc1ccccc1)C(=O)NC(Cc1ccccc1)C(=O)O. The van der Waals surface area contributed by atoms with Crippen LogP contribution < -0.4 is 21.7 Å². The maximum atomic E-state index is 13.5. The smallest absolute Gasteiger partial charge is 0.326 e. The Morgan fingerprint density at radius 2 is 1.00 bits per heavy atom. The molecule has 0 saturated heterocycles. The molecule has 4 atom stereocenters. The molecule has 3 amide bonds. The van der Waals surface area contributed by atoms with Crippen molar-refractivity contribution in [2.45, 2.75) is 50.4 Å². The van der Waals surface area contributed by atoms with Crippen LogP contribution in [0.1, 0.15) is 23.6 Å². The first-order chi connectivity index (χ1) is 19.1. The topological polar surface area (TPSA) is 171 Å². The van der Waals surface area contributed by atoms with E-state index in [1.165, 1.54) is 19.1 Å². The fraction of sp³-hybridized carbons (Fsp3) is 0.267. The van der Waals surface area contributed by atoms with Crippen molar-refractivity contribution in [3.05, 3.63) is 102 Å². The number of nitrogens with one attached hydrogen (secondary N) is 3. The van der Waals surface area contributed by atoms with E-state index in [4.69, 9.17) is 5.73 Å². The maximum Gasteiger partial charge on any atom is 0.326 e. The van der Waals surface area contributed by atoms with Crippen molar-refractivity contribution < 1.29 is 29.4 Å². The standard InChI is InChI=1S/C30H34N4O6/c1-19(31)27(36)32-24(17-22-12-14-23(35)15-13-22)28(37)33-25(16-20-8-4-2-5-9-20)29(38)34-26(30(39)40)18-21-10-6-3-7-11-21/h2-15,19,24-26,35H,16-18,31H2,1H3,(H,32,36)(H,33,37)(H,34,38)(H,39,40). The monoisotopic (exact) mass is 546 g/mol. The van der Waals surface area contributed by atoms with E-state index in [2.05, 4.69) is 16.0 Å². The molecule has 210 valence electrons. The molecule has 4 unspecified atom stereocenters. The van der Waals surface area contributed by atoms with Gasteiger partial charge in [0.2, 0.25) is 17.7 Å². The van der Waals surface area contributed by atoms with Crippen LogP contribution in [0.5, 0.6) is 5.75 Å². The van der Waals surface area contributed by atoms with Crippen LogP contribution in [-0.4, -0.2) is 58.1 Å². The Labute approximate surface area is 232 Å². The van der Waals surface area contributed by atoms with Crippen molar-refractivity contribution in [2.75, 3.05) is 0 Å². The number of amides is 3. The highest BCUT2D eigenvalue weighted by Crippen LogP contribution is 2.13. The van der Waals surface area contributed by atoms with Crippen LogP contribution >= 0.6 is 0 Å². The molecule has 3 aromatic rings. The van der Waals surface area contributed by atoms with Gasteiger partial charge in [-0.2, -0.15) is 0 Å². The first-order valence-corrected chi connectivity index (χ1v) is 12.9. The van der Waals surface area contributed by atoms with Crippen LogP contribution in [0.2, 0.25) is 0 Å². The van der Waals surface area contributed by atoms with Crippen molar-refractivity contribution in [1.29, 1.82) is 0 Å². The Hall–Kier alpha value is -4.70. The molecule has 40 heavy (non-hydrogen) atoms. The van der Waals surface area contributed by atoms with Gasteiger partial charge in [0, 0.05) is 19.3 Å². The Balaban J connectivity index is 1.83. The number of carbonyl (C=O) groups is 4. The van der Waals surface area contributed by atoms with Crippen molar-refractivity contribution in [3.8, 4) is 5.75 Å². The summed E-state index contributed by atoms with van der Waals surface area (Å²) in [5.41, 5.74) is 7.82. The highest BCUT2D eigenvalue weighted by Gasteiger charge is 2.30. The molecule has 0 bridgehead atoms. The summed E-state index contributed by atoms with van der Waals surface area (Å²) in [6.45, 7) is 1.48. The molecule has 7 N–H and O–H groups in total. The number of carbonyl (C=O) groups excluding carboxylic acids is 3. The lowest BCUT2D eigenvalue weighted by Gasteiger charge is -2.25. The van der Waals surface area contributed by atoms with Crippen molar-refractivity contribution in [1.82, 2.24) is 16.0 Å². The molecule has 0 aliphatic heterocycles. The predicted molar refractivity (Wildman–Crippen MR) is 149 cm³/mol. The third kappa shape index (κ3) is 9.25. The van der Waals surface area contributed by atoms with Gasteiger partial charge in [0.05, 0.1) is 6.04 Å². The number of phenolic OH excluding ortho intramolecular Hbond substituents is 1. The van der Waals surface area contributed by atoms with Crippen LogP contribution in [0.4, 0.5) is 0 Å². The average Bonchev–Trinajstić information content (AvgIpc) is 2.94. The molecule has 0 radical (unpaired) electrons. The van der Waals surface area contributed by atoms with E-state index in [1.807, 2.05) is 12.1 Å². The van der Waals surface area contributed by atoms with E-state index < -0.39 is 47.9 Å². The number of aliphatic carboxylic acids is 1. The molecule has 0 fully saturated rings. The molecular weight excluding hydrogens is 512 g/mol. The van der Waals surface area contributed by atoms with Gasteiger partial charge in [-0.05, 0) is 35.7 Å². The molecular formula is C30H34N4O6. The Kier molecular flexibility index (Phi) is 10.8. The van der Waals surface area contributed by atoms with Crippen LogP contribution in [0.3, 0.4) is 0 Å². The Morgan fingerprint density at radius 1 is 0.625 bits per heavy atom. The lowest BCUT2D eigenvalue weighted by molar-refractivity contribution is -0.142. The van der Waals surface area contributed by atoms with Crippen molar-refractivity contribution >= 4 is 23.7 Å². The molecule has 10 heteroatoms. The van der Waals surface area contributed by atoms with E-state index in [0.717, 1.165) is 11.1 Å². The zero-order chi connectivity index (χ0) is 29.1. The first kappa shape index (κ1) is 29.9. The fourth-order valence-corrected chi connectivity index (χ4v) is 4.03. The molecule has 0 aliphatic carbocycles. The van der Waals surface area contributed by atoms with Crippen LogP contribution in [0.25, 0.3) is 0 Å². The summed E-state index contributed by atoms with van der Waals surface area (Å²) < 4.78 is 0. The summed E-state index contributed by atoms with van der Waals surface area (Å²) in [7, 11) is 0. The van der Waals surface area contributed by atoms with Crippen molar-refractivity contribution in [3.63, 3.8) is 0 Å². The number of aromatic hydroxyl groups is 1. The normalized spacial score (nSPS) is 13.8. The van der Waals surface area contributed by atoms with Gasteiger partial charge in [0.15, 0.2) is 0 Å². The average molecular weight is 547 g/mol. The van der Waals surface area contributed by atoms with Gasteiger partial charge in [0.1, 0.15) is 23.9 Å². The minimum atomic E-state index is -1.23. The van der Waals surface area contributed by atoms with Gasteiger partial charge >= 0.3 is 5.97 Å². The molecule has 0 saturated carbocycles. The summed E-state index contributed by atoms with van der Waals surface area (Å²) in [4.78, 5) is 51.3. The molecule has 0 aromatic heterocycles. The largest absolute Gasteiger partial charge is 0.508 e. The van der Waals surface area contributed by atoms with E-state index in [0.29, 0.717) is 5.56 Å². The highest BCUT2D eigenvalue weighted by molar-refractivity contribution is 5.94. The molecule has 3 aromatic carbocycles. The zero-order valence-corrected chi connectivity index (χ0v) is 22.1. The molecule has 10 nitrogen and oxygen atoms in total. The van der Waals surface area contributed by atoms with Gasteiger partial charge in [-0.3, -0.25) is 14.4 Å². The number of rotatable bonds is 13. The summed E-state index contributed by atoms with van der Waals surface area (Å²) >= 11 is 0. The maximum absolute atomic E-state index is 13.5. The van der Waals surface area contributed by atoms with E-state index >= 15 is 0 Å². The van der Waals surface area contributed by atoms with Crippen LogP contribution in [-0.2, 0) is 38.4 Å². The molecule has 0 spiro atoms. The number of benzene rings is 3. The van der Waals surface area contributed by atoms with Gasteiger partial charge in [-0.15, -0.1) is 0 Å². The first-order valence-electron chi connectivity index (χ1n) is 12.9. The van der Waals surface area contributed by atoms with Gasteiger partial charge in [-0.1, -0.05) is 72.8 Å². The Bertz CT molecular complexity index is 1280. The van der Waals surface area contributed by atoms with E-state index in [1.54, 1.807) is 60.7 Å². The molecule has 0 aliphatic rings. The highest BCUT2D eigenvalue weighted by atomic mass is 16.4. The number of nitrogens with two attached hydrogens (primary N) is 1. The zero-order valence-electron chi connectivity index (χ0n) is 22.1. The summed E-state index contributed by atoms with van der Waals surface area (Å²) in [5.74, 6) is -3.05. The predicted octanol–water partition coefficient (Wildman–Crippen LogP) is 1.31. The van der Waals surface area contributed by atoms with Crippen molar-refractivity contribution in [2.24, 2.45) is 5.73 Å². The summed E-state index contributed by atoms with van der Waals surface area (Å²) in [6.07, 6.45) is 0.209. The third-order valence-corrected chi connectivity index (χ3v) is 6.24. The quantitative estimate of drug-likeness (QED) is 0.188. The second-order valence-electron chi connectivity index (χ2n) is 9.56. The summed E-state index contributed by atoms with van der Waals surface area (Å²) in [6, 6.07) is 19.7. The van der Waals surface area contributed by atoms with Gasteiger partial charge in [-0.25, -0.2) is 4.79 Å². The lowest BCUT2D eigenvalue weighted by Crippen LogP contribution is -2.58. The number of carboxylic acids is 1. The van der Waals surface area contributed by atoms with E-state index in [9.17, 15) is 29.4 Å². The van der Waals surface area contributed by atoms with Crippen LogP contribution in [0, 0.1) is 0 Å². The summed E-state index contributed by atoms with van der Waals surface area (Å²) in [5, 5.41) is 27.2. The number of carboxylic acid groups (broad SMARTS) is 1. The molecule has 3 rings (SSSR count).